The van der Waals surface area contributed by atoms with Crippen molar-refractivity contribution >= 4 is 29.0 Å². The Balaban J connectivity index is 1.82. The SMILES string of the molecule is O=C(Nc1cccnc1)C(=O)[C@@H]1C(=O)Nc2ccccc21. The van der Waals surface area contributed by atoms with Crippen LogP contribution in [0.5, 0.6) is 0 Å². The normalized spacial score (nSPS) is 16.0. The van der Waals surface area contributed by atoms with E-state index in [0.717, 1.165) is 0 Å². The number of rotatable bonds is 3. The minimum absolute atomic E-state index is 0.405. The number of benzene rings is 1. The summed E-state index contributed by atoms with van der Waals surface area (Å²) in [5, 5.41) is 5.03. The van der Waals surface area contributed by atoms with Gasteiger partial charge in [-0.25, -0.2) is 0 Å². The molecule has 1 atom stereocenters. The number of para-hydroxylation sites is 1. The summed E-state index contributed by atoms with van der Waals surface area (Å²) in [6.45, 7) is 0. The topological polar surface area (TPSA) is 88.2 Å². The number of aromatic nitrogens is 1. The molecule has 1 aliphatic heterocycles. The Morgan fingerprint density at radius 2 is 1.95 bits per heavy atom. The number of anilines is 2. The molecule has 0 unspecified atom stereocenters. The number of fused-ring (bicyclic) bond motifs is 1. The molecule has 2 N–H and O–H groups in total. The number of hydrogen-bond donors (Lipinski definition) is 2. The number of nitrogens with zero attached hydrogens (tertiary/aromatic N) is 1. The molecule has 1 aliphatic rings. The molecule has 21 heavy (non-hydrogen) atoms. The molecule has 0 bridgehead atoms. The number of amides is 2. The van der Waals surface area contributed by atoms with Gasteiger partial charge in [-0.3, -0.25) is 19.4 Å². The Bertz CT molecular complexity index is 728. The van der Waals surface area contributed by atoms with Gasteiger partial charge in [-0.1, -0.05) is 18.2 Å². The van der Waals surface area contributed by atoms with Gasteiger partial charge in [0.1, 0.15) is 5.92 Å². The highest BCUT2D eigenvalue weighted by Gasteiger charge is 2.39. The van der Waals surface area contributed by atoms with Gasteiger partial charge in [0.05, 0.1) is 11.9 Å². The van der Waals surface area contributed by atoms with Crippen LogP contribution in [0, 0.1) is 0 Å². The Morgan fingerprint density at radius 3 is 2.71 bits per heavy atom. The monoisotopic (exact) mass is 281 g/mol. The number of carbonyl (C=O) groups is 3. The van der Waals surface area contributed by atoms with Crippen LogP contribution in [0.3, 0.4) is 0 Å². The molecule has 0 fully saturated rings. The van der Waals surface area contributed by atoms with E-state index in [1.165, 1.54) is 6.20 Å². The molecule has 0 saturated heterocycles. The molecule has 0 spiro atoms. The zero-order valence-electron chi connectivity index (χ0n) is 10.9. The number of carbonyl (C=O) groups excluding carboxylic acids is 3. The van der Waals surface area contributed by atoms with E-state index in [1.807, 2.05) is 0 Å². The van der Waals surface area contributed by atoms with Crippen molar-refractivity contribution in [3.05, 3.63) is 54.4 Å². The second kappa shape index (κ2) is 5.16. The smallest absolute Gasteiger partial charge is 0.293 e. The van der Waals surface area contributed by atoms with Crippen molar-refractivity contribution in [2.24, 2.45) is 0 Å². The molecule has 104 valence electrons. The molecule has 6 heteroatoms. The van der Waals surface area contributed by atoms with E-state index in [2.05, 4.69) is 15.6 Å². The van der Waals surface area contributed by atoms with Crippen molar-refractivity contribution in [3.8, 4) is 0 Å². The molecule has 1 aromatic carbocycles. The first-order chi connectivity index (χ1) is 10.2. The van der Waals surface area contributed by atoms with Gasteiger partial charge < -0.3 is 10.6 Å². The van der Waals surface area contributed by atoms with Gasteiger partial charge in [-0.05, 0) is 23.8 Å². The molecule has 6 nitrogen and oxygen atoms in total. The Labute approximate surface area is 120 Å². The van der Waals surface area contributed by atoms with Gasteiger partial charge in [-0.2, -0.15) is 0 Å². The predicted molar refractivity (Wildman–Crippen MR) is 75.7 cm³/mol. The van der Waals surface area contributed by atoms with Gasteiger partial charge in [0.2, 0.25) is 11.7 Å². The third kappa shape index (κ3) is 2.38. The van der Waals surface area contributed by atoms with Crippen molar-refractivity contribution in [1.82, 2.24) is 4.98 Å². The van der Waals surface area contributed by atoms with Gasteiger partial charge in [0.15, 0.2) is 0 Å². The molecule has 0 saturated carbocycles. The molecule has 1 aromatic heterocycles. The van der Waals surface area contributed by atoms with E-state index in [9.17, 15) is 14.4 Å². The zero-order valence-corrected chi connectivity index (χ0v) is 10.9. The summed E-state index contributed by atoms with van der Waals surface area (Å²) in [4.78, 5) is 40.0. The van der Waals surface area contributed by atoms with E-state index in [1.54, 1.807) is 42.6 Å². The highest BCUT2D eigenvalue weighted by atomic mass is 16.2. The van der Waals surface area contributed by atoms with Crippen molar-refractivity contribution in [3.63, 3.8) is 0 Å². The van der Waals surface area contributed by atoms with Crippen LogP contribution in [0.15, 0.2) is 48.8 Å². The van der Waals surface area contributed by atoms with E-state index < -0.39 is 23.5 Å². The zero-order chi connectivity index (χ0) is 14.8. The molecule has 0 radical (unpaired) electrons. The van der Waals surface area contributed by atoms with Crippen LogP contribution in [-0.4, -0.2) is 22.6 Å². The van der Waals surface area contributed by atoms with Crippen molar-refractivity contribution in [1.29, 1.82) is 0 Å². The lowest BCUT2D eigenvalue weighted by atomic mass is 9.95. The molecule has 0 aliphatic carbocycles. The van der Waals surface area contributed by atoms with Crippen LogP contribution >= 0.6 is 0 Å². The van der Waals surface area contributed by atoms with E-state index in [0.29, 0.717) is 16.9 Å². The van der Waals surface area contributed by atoms with Crippen LogP contribution in [-0.2, 0) is 14.4 Å². The van der Waals surface area contributed by atoms with Crippen LogP contribution in [0.25, 0.3) is 0 Å². The minimum atomic E-state index is -1.10. The number of ketones is 1. The average molecular weight is 281 g/mol. The molecule has 3 rings (SSSR count). The van der Waals surface area contributed by atoms with Gasteiger partial charge >= 0.3 is 0 Å². The Kier molecular flexibility index (Phi) is 3.19. The molecular weight excluding hydrogens is 270 g/mol. The fraction of sp³-hybridized carbons (Fsp3) is 0.0667. The largest absolute Gasteiger partial charge is 0.325 e. The summed E-state index contributed by atoms with van der Waals surface area (Å²) in [7, 11) is 0. The highest BCUT2D eigenvalue weighted by Crippen LogP contribution is 2.32. The third-order valence-corrected chi connectivity index (χ3v) is 3.20. The van der Waals surface area contributed by atoms with Crippen molar-refractivity contribution in [2.45, 2.75) is 5.92 Å². The lowest BCUT2D eigenvalue weighted by Crippen LogP contribution is -2.31. The summed E-state index contributed by atoms with van der Waals surface area (Å²) in [5.74, 6) is -3.21. The van der Waals surface area contributed by atoms with Gasteiger partial charge in [0, 0.05) is 11.9 Å². The van der Waals surface area contributed by atoms with Gasteiger partial charge in [0.25, 0.3) is 5.91 Å². The maximum Gasteiger partial charge on any atom is 0.293 e. The van der Waals surface area contributed by atoms with Crippen LogP contribution in [0.4, 0.5) is 11.4 Å². The fourth-order valence-corrected chi connectivity index (χ4v) is 2.23. The summed E-state index contributed by atoms with van der Waals surface area (Å²) in [6, 6.07) is 10.1. The Morgan fingerprint density at radius 1 is 1.14 bits per heavy atom. The average Bonchev–Trinajstić information content (AvgIpc) is 2.83. The van der Waals surface area contributed by atoms with Crippen molar-refractivity contribution in [2.75, 3.05) is 10.6 Å². The summed E-state index contributed by atoms with van der Waals surface area (Å²) < 4.78 is 0. The van der Waals surface area contributed by atoms with Crippen LogP contribution in [0.1, 0.15) is 11.5 Å². The number of pyridine rings is 1. The lowest BCUT2D eigenvalue weighted by Gasteiger charge is -2.08. The summed E-state index contributed by atoms with van der Waals surface area (Å²) in [5.41, 5.74) is 1.49. The van der Waals surface area contributed by atoms with Crippen LogP contribution < -0.4 is 10.6 Å². The van der Waals surface area contributed by atoms with E-state index in [-0.39, 0.29) is 0 Å². The fourth-order valence-electron chi connectivity index (χ4n) is 2.23. The van der Waals surface area contributed by atoms with Gasteiger partial charge in [-0.15, -0.1) is 0 Å². The molecule has 2 amide bonds. The predicted octanol–water partition coefficient (Wildman–Crippen LogP) is 1.33. The second-order valence-corrected chi connectivity index (χ2v) is 4.57. The standard InChI is InChI=1S/C15H11N3O3/c19-13(15(21)17-9-4-3-7-16-8-9)12-10-5-1-2-6-11(10)18-14(12)20/h1-8,12H,(H,17,21)(H,18,20)/t12-/m1/s1. The first-order valence-electron chi connectivity index (χ1n) is 6.32. The van der Waals surface area contributed by atoms with E-state index >= 15 is 0 Å². The lowest BCUT2D eigenvalue weighted by molar-refractivity contribution is -0.138. The third-order valence-electron chi connectivity index (χ3n) is 3.20. The summed E-state index contributed by atoms with van der Waals surface area (Å²) in [6.07, 6.45) is 2.98. The minimum Gasteiger partial charge on any atom is -0.325 e. The quantitative estimate of drug-likeness (QED) is 0.656. The number of Topliss-reactive ketones (excluding diaryl/α,β-unsaturated/α-hetero) is 1. The molecular formula is C15H11N3O3. The second-order valence-electron chi connectivity index (χ2n) is 4.57. The maximum absolute atomic E-state index is 12.2. The summed E-state index contributed by atoms with van der Waals surface area (Å²) >= 11 is 0. The first kappa shape index (κ1) is 13.0. The number of nitrogens with one attached hydrogen (secondary N) is 2. The van der Waals surface area contributed by atoms with Crippen LogP contribution in [0.2, 0.25) is 0 Å². The first-order valence-corrected chi connectivity index (χ1v) is 6.32. The van der Waals surface area contributed by atoms with Crippen molar-refractivity contribution < 1.29 is 14.4 Å². The highest BCUT2D eigenvalue weighted by molar-refractivity contribution is 6.47. The maximum atomic E-state index is 12.2. The molecule has 2 aromatic rings. The molecule has 2 heterocycles. The number of hydrogen-bond acceptors (Lipinski definition) is 4. The van der Waals surface area contributed by atoms with E-state index in [4.69, 9.17) is 0 Å². The Hall–Kier alpha value is -3.02.